The van der Waals surface area contributed by atoms with Crippen molar-refractivity contribution in [3.05, 3.63) is 69.8 Å². The quantitative estimate of drug-likeness (QED) is 0.181. The van der Waals surface area contributed by atoms with E-state index in [2.05, 4.69) is 20.9 Å². The number of likely N-dealkylation sites (tertiary alicyclic amines) is 1. The Morgan fingerprint density at radius 2 is 1.52 bits per heavy atom. The number of rotatable bonds is 12. The Kier molecular flexibility index (Phi) is 10.8. The first-order valence-corrected chi connectivity index (χ1v) is 16.6. The van der Waals surface area contributed by atoms with E-state index < -0.39 is 35.9 Å². The van der Waals surface area contributed by atoms with Gasteiger partial charge < -0.3 is 30.9 Å². The average Bonchev–Trinajstić information content (AvgIpc) is 3.58. The number of H-pyrrole nitrogens is 1. The molecule has 1 aliphatic carbocycles. The Labute approximate surface area is 278 Å². The lowest BCUT2D eigenvalue weighted by atomic mass is 9.99. The summed E-state index contributed by atoms with van der Waals surface area (Å²) in [6.45, 7) is 5.28. The summed E-state index contributed by atoms with van der Waals surface area (Å²) in [7, 11) is 0. The molecule has 0 radical (unpaired) electrons. The second-order valence-electron chi connectivity index (χ2n) is 13.0. The van der Waals surface area contributed by atoms with Gasteiger partial charge >= 0.3 is 12.0 Å². The second-order valence-corrected chi connectivity index (χ2v) is 13.8. The van der Waals surface area contributed by atoms with Crippen LogP contribution in [0.15, 0.2) is 48.7 Å². The zero-order valence-corrected chi connectivity index (χ0v) is 27.5. The molecule has 246 valence electrons. The summed E-state index contributed by atoms with van der Waals surface area (Å²) in [4.78, 5) is 58.3. The van der Waals surface area contributed by atoms with E-state index in [9.17, 15) is 24.3 Å². The van der Waals surface area contributed by atoms with Crippen molar-refractivity contribution in [1.29, 1.82) is 0 Å². The van der Waals surface area contributed by atoms with Crippen LogP contribution in [0.3, 0.4) is 0 Å². The Balaban J connectivity index is 1.36. The molecule has 12 heteroatoms. The molecule has 1 aliphatic heterocycles. The van der Waals surface area contributed by atoms with Crippen molar-refractivity contribution in [2.24, 2.45) is 17.8 Å². The van der Waals surface area contributed by atoms with Crippen molar-refractivity contribution < 1.29 is 24.3 Å². The number of carboxylic acid groups (broad SMARTS) is 1. The standard InChI is InChI=1S/C34H41Cl2N5O5/c1-19(2)12-27(40-34(46)41-17-20-10-11-21(13-20)18-41)31(42)38-28(15-23-16-37-26-9-4-3-7-24(23)26)32(43)39-29(33(44)45)14-22-6-5-8-25(35)30(22)36/h3-9,16,19-21,27-29,37H,10-15,17-18H2,1-2H3,(H,38,42)(H,39,43)(H,40,46)(H,44,45)/t20-,21+,27-,28+,29+/m0/s1. The molecule has 1 aromatic heterocycles. The van der Waals surface area contributed by atoms with Crippen LogP contribution < -0.4 is 16.0 Å². The molecule has 10 nitrogen and oxygen atoms in total. The lowest BCUT2D eigenvalue weighted by Crippen LogP contribution is -2.58. The normalized spacial score (nSPS) is 19.5. The van der Waals surface area contributed by atoms with Gasteiger partial charge in [-0.15, -0.1) is 0 Å². The summed E-state index contributed by atoms with van der Waals surface area (Å²) < 4.78 is 0. The minimum Gasteiger partial charge on any atom is -0.480 e. The molecule has 2 heterocycles. The van der Waals surface area contributed by atoms with Crippen LogP contribution in [-0.2, 0) is 27.2 Å². The van der Waals surface area contributed by atoms with E-state index in [0.717, 1.165) is 35.7 Å². The molecule has 5 N–H and O–H groups in total. The van der Waals surface area contributed by atoms with Gasteiger partial charge in [0.2, 0.25) is 11.8 Å². The molecule has 2 bridgehead atoms. The highest BCUT2D eigenvalue weighted by atomic mass is 35.5. The third-order valence-corrected chi connectivity index (χ3v) is 9.88. The number of hydrogen-bond acceptors (Lipinski definition) is 4. The van der Waals surface area contributed by atoms with Crippen molar-refractivity contribution >= 4 is 57.9 Å². The number of para-hydroxylation sites is 1. The number of amides is 4. The Morgan fingerprint density at radius 1 is 0.870 bits per heavy atom. The number of hydrogen-bond donors (Lipinski definition) is 5. The smallest absolute Gasteiger partial charge is 0.326 e. The summed E-state index contributed by atoms with van der Waals surface area (Å²) in [6, 6.07) is 8.84. The fourth-order valence-electron chi connectivity index (χ4n) is 6.72. The molecule has 4 amide bonds. The maximum atomic E-state index is 13.9. The molecule has 5 atom stereocenters. The first kappa shape index (κ1) is 33.6. The van der Waals surface area contributed by atoms with Crippen LogP contribution in [-0.4, -0.2) is 70.0 Å². The average molecular weight is 671 g/mol. The second kappa shape index (κ2) is 14.8. The summed E-state index contributed by atoms with van der Waals surface area (Å²) in [5, 5.41) is 19.8. The highest BCUT2D eigenvalue weighted by Crippen LogP contribution is 2.36. The number of piperidine rings is 1. The number of fused-ring (bicyclic) bond motifs is 3. The predicted molar refractivity (Wildman–Crippen MR) is 178 cm³/mol. The largest absolute Gasteiger partial charge is 0.480 e. The first-order valence-electron chi connectivity index (χ1n) is 15.8. The van der Waals surface area contributed by atoms with Gasteiger partial charge in [0.25, 0.3) is 0 Å². The predicted octanol–water partition coefficient (Wildman–Crippen LogP) is 5.17. The van der Waals surface area contributed by atoms with Crippen molar-refractivity contribution in [2.45, 2.75) is 70.5 Å². The highest BCUT2D eigenvalue weighted by Gasteiger charge is 2.37. The number of urea groups is 1. The zero-order chi connectivity index (χ0) is 33.0. The fourth-order valence-corrected chi connectivity index (χ4v) is 7.11. The number of carbonyl (C=O) groups excluding carboxylic acids is 3. The lowest BCUT2D eigenvalue weighted by molar-refractivity contribution is -0.142. The van der Waals surface area contributed by atoms with Gasteiger partial charge in [0.15, 0.2) is 0 Å². The number of carboxylic acids is 1. The summed E-state index contributed by atoms with van der Waals surface area (Å²) >= 11 is 12.5. The maximum Gasteiger partial charge on any atom is 0.326 e. The summed E-state index contributed by atoms with van der Waals surface area (Å²) in [5.74, 6) is -1.38. The van der Waals surface area contributed by atoms with E-state index in [1.54, 1.807) is 29.3 Å². The van der Waals surface area contributed by atoms with Gasteiger partial charge in [0, 0.05) is 43.0 Å². The Bertz CT molecular complexity index is 1580. The summed E-state index contributed by atoms with van der Waals surface area (Å²) in [6.07, 6.45) is 5.50. The van der Waals surface area contributed by atoms with E-state index in [-0.39, 0.29) is 34.8 Å². The Morgan fingerprint density at radius 3 is 2.22 bits per heavy atom. The van der Waals surface area contributed by atoms with Gasteiger partial charge in [0.05, 0.1) is 10.0 Å². The van der Waals surface area contributed by atoms with E-state index in [0.29, 0.717) is 36.9 Å². The molecule has 0 spiro atoms. The molecule has 0 unspecified atom stereocenters. The molecule has 5 rings (SSSR count). The SMILES string of the molecule is CC(C)C[C@H](NC(=O)N1C[C@@H]2CC[C@@H](C2)C1)C(=O)N[C@H](Cc1c[nH]c2ccccc12)C(=O)N[C@H](Cc1cccc(Cl)c1Cl)C(=O)O. The lowest BCUT2D eigenvalue weighted by Gasteiger charge is -2.33. The van der Waals surface area contributed by atoms with Crippen molar-refractivity contribution in [1.82, 2.24) is 25.8 Å². The first-order chi connectivity index (χ1) is 22.0. The van der Waals surface area contributed by atoms with E-state index in [1.165, 1.54) is 0 Å². The molecule has 1 saturated carbocycles. The number of benzene rings is 2. The number of aromatic amines is 1. The number of nitrogens with zero attached hydrogens (tertiary/aromatic N) is 1. The molecule has 1 saturated heterocycles. The number of aliphatic carboxylic acids is 1. The van der Waals surface area contributed by atoms with Gasteiger partial charge in [-0.2, -0.15) is 0 Å². The monoisotopic (exact) mass is 669 g/mol. The van der Waals surface area contributed by atoms with E-state index in [1.807, 2.05) is 38.1 Å². The molecule has 3 aromatic rings. The van der Waals surface area contributed by atoms with Crippen LogP contribution in [0.1, 0.15) is 50.7 Å². The maximum absolute atomic E-state index is 13.9. The van der Waals surface area contributed by atoms with Gasteiger partial charge in [-0.1, -0.05) is 67.4 Å². The van der Waals surface area contributed by atoms with Crippen molar-refractivity contribution in [2.75, 3.05) is 13.1 Å². The molecule has 2 aromatic carbocycles. The zero-order valence-electron chi connectivity index (χ0n) is 26.0. The van der Waals surface area contributed by atoms with Crippen LogP contribution in [0.2, 0.25) is 10.0 Å². The fraction of sp³-hybridized carbons (Fsp3) is 0.471. The van der Waals surface area contributed by atoms with Gasteiger partial charge in [0.1, 0.15) is 18.1 Å². The van der Waals surface area contributed by atoms with Crippen LogP contribution >= 0.6 is 23.2 Å². The van der Waals surface area contributed by atoms with Crippen LogP contribution in [0.5, 0.6) is 0 Å². The number of halogens is 2. The molecule has 46 heavy (non-hydrogen) atoms. The van der Waals surface area contributed by atoms with E-state index in [4.69, 9.17) is 23.2 Å². The van der Waals surface area contributed by atoms with Gasteiger partial charge in [-0.3, -0.25) is 9.59 Å². The topological polar surface area (TPSA) is 144 Å². The van der Waals surface area contributed by atoms with Crippen LogP contribution in [0.25, 0.3) is 10.9 Å². The molecule has 2 aliphatic rings. The molecule has 2 fully saturated rings. The molecular weight excluding hydrogens is 629 g/mol. The number of carbonyl (C=O) groups is 4. The van der Waals surface area contributed by atoms with Crippen molar-refractivity contribution in [3.63, 3.8) is 0 Å². The highest BCUT2D eigenvalue weighted by molar-refractivity contribution is 6.42. The minimum atomic E-state index is -1.34. The third kappa shape index (κ3) is 8.14. The third-order valence-electron chi connectivity index (χ3n) is 9.02. The minimum absolute atomic E-state index is 0.0771. The number of nitrogens with one attached hydrogen (secondary N) is 4. The number of aromatic nitrogens is 1. The Hall–Kier alpha value is -3.76. The molecular formula is C34H41Cl2N5O5. The summed E-state index contributed by atoms with van der Waals surface area (Å²) in [5.41, 5.74) is 2.10. The van der Waals surface area contributed by atoms with Crippen LogP contribution in [0.4, 0.5) is 4.79 Å². The van der Waals surface area contributed by atoms with E-state index >= 15 is 0 Å². The van der Waals surface area contributed by atoms with Gasteiger partial charge in [-0.05, 0) is 66.7 Å². The van der Waals surface area contributed by atoms with Crippen LogP contribution in [0, 0.1) is 17.8 Å². The van der Waals surface area contributed by atoms with Gasteiger partial charge in [-0.25, -0.2) is 9.59 Å². The van der Waals surface area contributed by atoms with Crippen molar-refractivity contribution in [3.8, 4) is 0 Å².